The Morgan fingerprint density at radius 2 is 1.36 bits per heavy atom. The number of para-hydroxylation sites is 4. The van der Waals surface area contributed by atoms with Gasteiger partial charge in [0.1, 0.15) is 11.5 Å². The number of aryl methyl sites for hydroxylation is 1. The monoisotopic (exact) mass is 534 g/mol. The van der Waals surface area contributed by atoms with Gasteiger partial charge in [0.05, 0.1) is 44.8 Å². The number of hydrogen-bond donors (Lipinski definition) is 2. The number of rotatable bonds is 14. The number of carbonyl (C=O) groups is 2. The van der Waals surface area contributed by atoms with Crippen LogP contribution in [0.4, 0.5) is 11.4 Å². The number of hydrogen-bond acceptors (Lipinski definition) is 8. The SMILES string of the molecule is CCOC(=O)C(CNc1ccccc1OC)(CC(Nc1ccccc1OC)c1cccc(C)c1)C(=O)OCC. The lowest BCUT2D eigenvalue weighted by Gasteiger charge is -2.34. The van der Waals surface area contributed by atoms with E-state index < -0.39 is 23.4 Å². The van der Waals surface area contributed by atoms with E-state index >= 15 is 0 Å². The van der Waals surface area contributed by atoms with Crippen LogP contribution in [0.2, 0.25) is 0 Å². The average Bonchev–Trinajstić information content (AvgIpc) is 2.95. The van der Waals surface area contributed by atoms with Gasteiger partial charge in [-0.1, -0.05) is 54.1 Å². The molecule has 0 aliphatic rings. The van der Waals surface area contributed by atoms with Crippen LogP contribution in [0.5, 0.6) is 11.5 Å². The minimum atomic E-state index is -1.68. The van der Waals surface area contributed by atoms with Crippen molar-refractivity contribution < 1.29 is 28.5 Å². The molecule has 2 N–H and O–H groups in total. The van der Waals surface area contributed by atoms with E-state index in [1.807, 2.05) is 73.7 Å². The molecule has 0 heterocycles. The van der Waals surface area contributed by atoms with Crippen molar-refractivity contribution >= 4 is 23.3 Å². The second-order valence-corrected chi connectivity index (χ2v) is 9.09. The van der Waals surface area contributed by atoms with Crippen LogP contribution in [-0.4, -0.2) is 45.9 Å². The van der Waals surface area contributed by atoms with Crippen molar-refractivity contribution in [1.82, 2.24) is 0 Å². The Bertz CT molecular complexity index is 1230. The van der Waals surface area contributed by atoms with Crippen LogP contribution in [0.15, 0.2) is 72.8 Å². The molecule has 0 aromatic heterocycles. The molecule has 0 spiro atoms. The lowest BCUT2D eigenvalue weighted by molar-refractivity contribution is -0.171. The van der Waals surface area contributed by atoms with Crippen molar-refractivity contribution in [3.05, 3.63) is 83.9 Å². The Morgan fingerprint density at radius 3 is 1.92 bits per heavy atom. The lowest BCUT2D eigenvalue weighted by atomic mass is 9.79. The van der Waals surface area contributed by atoms with E-state index in [4.69, 9.17) is 18.9 Å². The molecule has 0 amide bonds. The largest absolute Gasteiger partial charge is 0.495 e. The molecule has 0 saturated carbocycles. The van der Waals surface area contributed by atoms with Gasteiger partial charge in [-0.15, -0.1) is 0 Å². The van der Waals surface area contributed by atoms with Crippen LogP contribution in [0, 0.1) is 12.3 Å². The lowest BCUT2D eigenvalue weighted by Crippen LogP contribution is -2.49. The summed E-state index contributed by atoms with van der Waals surface area (Å²) in [6.45, 7) is 5.59. The van der Waals surface area contributed by atoms with Gasteiger partial charge in [0.15, 0.2) is 5.41 Å². The van der Waals surface area contributed by atoms with Crippen LogP contribution >= 0.6 is 0 Å². The van der Waals surface area contributed by atoms with Gasteiger partial charge in [0.25, 0.3) is 0 Å². The Morgan fingerprint density at radius 1 is 0.795 bits per heavy atom. The molecule has 8 nitrogen and oxygen atoms in total. The van der Waals surface area contributed by atoms with E-state index in [2.05, 4.69) is 10.6 Å². The third-order valence-electron chi connectivity index (χ3n) is 6.45. The summed E-state index contributed by atoms with van der Waals surface area (Å²) in [7, 11) is 3.16. The molecule has 1 atom stereocenters. The van der Waals surface area contributed by atoms with Crippen LogP contribution in [-0.2, 0) is 19.1 Å². The third-order valence-corrected chi connectivity index (χ3v) is 6.45. The van der Waals surface area contributed by atoms with Crippen LogP contribution in [0.1, 0.15) is 37.4 Å². The van der Waals surface area contributed by atoms with E-state index in [0.29, 0.717) is 17.2 Å². The molecule has 39 heavy (non-hydrogen) atoms. The standard InChI is InChI=1S/C31H38N2O6/c1-6-38-29(34)31(30(35)39-7-2,21-32-24-15-8-10-17-27(24)36-4)20-26(23-14-12-13-22(3)19-23)33-25-16-9-11-18-28(25)37-5/h8-19,26,32-33H,6-7,20-21H2,1-5H3. The fraction of sp³-hybridized carbons (Fsp3) is 0.355. The molecule has 3 aromatic carbocycles. The van der Waals surface area contributed by atoms with Crippen LogP contribution in [0.25, 0.3) is 0 Å². The van der Waals surface area contributed by atoms with Crippen molar-refractivity contribution in [1.29, 1.82) is 0 Å². The summed E-state index contributed by atoms with van der Waals surface area (Å²) in [4.78, 5) is 27.4. The van der Waals surface area contributed by atoms with E-state index in [1.165, 1.54) is 0 Å². The summed E-state index contributed by atoms with van der Waals surface area (Å²) in [6.07, 6.45) is 0.0499. The second-order valence-electron chi connectivity index (χ2n) is 9.09. The van der Waals surface area contributed by atoms with Gasteiger partial charge in [0.2, 0.25) is 0 Å². The summed E-state index contributed by atoms with van der Waals surface area (Å²) in [5.41, 5.74) is 1.63. The fourth-order valence-corrected chi connectivity index (χ4v) is 4.48. The Balaban J connectivity index is 2.12. The number of anilines is 2. The molecule has 1 unspecified atom stereocenters. The second kappa shape index (κ2) is 14.1. The van der Waals surface area contributed by atoms with Gasteiger partial charge in [-0.3, -0.25) is 9.59 Å². The highest BCUT2D eigenvalue weighted by molar-refractivity contribution is 6.01. The number of carbonyl (C=O) groups excluding carboxylic acids is 2. The summed E-state index contributed by atoms with van der Waals surface area (Å²) >= 11 is 0. The minimum absolute atomic E-state index is 0.0499. The first-order chi connectivity index (χ1) is 18.9. The van der Waals surface area contributed by atoms with Crippen molar-refractivity contribution in [2.75, 3.05) is 44.6 Å². The molecule has 0 aliphatic carbocycles. The maximum atomic E-state index is 13.7. The molecule has 8 heteroatoms. The van der Waals surface area contributed by atoms with Crippen LogP contribution in [0.3, 0.4) is 0 Å². The summed E-state index contributed by atoms with van der Waals surface area (Å²) in [5.74, 6) is -0.0997. The van der Waals surface area contributed by atoms with Crippen molar-refractivity contribution in [3.63, 3.8) is 0 Å². The maximum absolute atomic E-state index is 13.7. The summed E-state index contributed by atoms with van der Waals surface area (Å²) in [5, 5.41) is 6.78. The molecule has 3 rings (SSSR count). The number of nitrogens with one attached hydrogen (secondary N) is 2. The quantitative estimate of drug-likeness (QED) is 0.199. The van der Waals surface area contributed by atoms with E-state index in [0.717, 1.165) is 16.8 Å². The first kappa shape index (κ1) is 29.4. The Kier molecular flexibility index (Phi) is 10.6. The van der Waals surface area contributed by atoms with Crippen molar-refractivity contribution in [2.24, 2.45) is 5.41 Å². The maximum Gasteiger partial charge on any atom is 0.325 e. The highest BCUT2D eigenvalue weighted by Gasteiger charge is 2.51. The molecular formula is C31H38N2O6. The molecule has 0 bridgehead atoms. The summed E-state index contributed by atoms with van der Waals surface area (Å²) < 4.78 is 22.1. The molecule has 0 fully saturated rings. The number of esters is 2. The highest BCUT2D eigenvalue weighted by Crippen LogP contribution is 2.39. The van der Waals surface area contributed by atoms with E-state index in [9.17, 15) is 9.59 Å². The topological polar surface area (TPSA) is 95.1 Å². The minimum Gasteiger partial charge on any atom is -0.495 e. The van der Waals surface area contributed by atoms with Gasteiger partial charge in [-0.2, -0.15) is 0 Å². The number of benzene rings is 3. The molecule has 3 aromatic rings. The highest BCUT2D eigenvalue weighted by atomic mass is 16.6. The molecular weight excluding hydrogens is 496 g/mol. The molecule has 0 radical (unpaired) electrons. The Hall–Kier alpha value is -4.20. The van der Waals surface area contributed by atoms with E-state index in [1.54, 1.807) is 34.1 Å². The first-order valence-corrected chi connectivity index (χ1v) is 13.1. The molecule has 0 saturated heterocycles. The van der Waals surface area contributed by atoms with Gasteiger partial charge in [0, 0.05) is 13.0 Å². The number of ether oxygens (including phenoxy) is 4. The average molecular weight is 535 g/mol. The fourth-order valence-electron chi connectivity index (χ4n) is 4.48. The summed E-state index contributed by atoms with van der Waals surface area (Å²) in [6, 6.07) is 22.3. The van der Waals surface area contributed by atoms with Gasteiger partial charge >= 0.3 is 11.9 Å². The smallest absolute Gasteiger partial charge is 0.325 e. The molecule has 0 aliphatic heterocycles. The zero-order chi connectivity index (χ0) is 28.3. The Labute approximate surface area is 230 Å². The molecule has 208 valence electrons. The zero-order valence-electron chi connectivity index (χ0n) is 23.3. The predicted molar refractivity (Wildman–Crippen MR) is 152 cm³/mol. The predicted octanol–water partition coefficient (Wildman–Crippen LogP) is 5.78. The van der Waals surface area contributed by atoms with Gasteiger partial charge < -0.3 is 29.6 Å². The van der Waals surface area contributed by atoms with Crippen molar-refractivity contribution in [3.8, 4) is 11.5 Å². The number of methoxy groups -OCH3 is 2. The first-order valence-electron chi connectivity index (χ1n) is 13.1. The third kappa shape index (κ3) is 7.22. The van der Waals surface area contributed by atoms with E-state index in [-0.39, 0.29) is 26.2 Å². The van der Waals surface area contributed by atoms with Crippen molar-refractivity contribution in [2.45, 2.75) is 33.2 Å². The van der Waals surface area contributed by atoms with Gasteiger partial charge in [-0.25, -0.2) is 0 Å². The van der Waals surface area contributed by atoms with Gasteiger partial charge in [-0.05, 0) is 50.6 Å². The zero-order valence-corrected chi connectivity index (χ0v) is 23.3. The van der Waals surface area contributed by atoms with Crippen LogP contribution < -0.4 is 20.1 Å². The normalized spacial score (nSPS) is 11.7.